The van der Waals surface area contributed by atoms with Gasteiger partial charge < -0.3 is 9.84 Å². The summed E-state index contributed by atoms with van der Waals surface area (Å²) in [5, 5.41) is 10.4. The maximum Gasteiger partial charge on any atom is 0.408 e. The summed E-state index contributed by atoms with van der Waals surface area (Å²) in [7, 11) is 0. The topological polar surface area (TPSA) is 75.6 Å². The fraction of sp³-hybridized carbons (Fsp3) is 0.385. The van der Waals surface area contributed by atoms with Crippen molar-refractivity contribution in [3.63, 3.8) is 0 Å². The lowest BCUT2D eigenvalue weighted by Crippen LogP contribution is -2.39. The number of benzene rings is 1. The predicted octanol–water partition coefficient (Wildman–Crippen LogP) is 2.47. The summed E-state index contributed by atoms with van der Waals surface area (Å²) in [6.45, 7) is 3.83. The molecule has 0 saturated carbocycles. The zero-order valence-electron chi connectivity index (χ0n) is 10.8. The quantitative estimate of drug-likeness (QED) is 0.784. The van der Waals surface area contributed by atoms with Crippen molar-refractivity contribution in [2.24, 2.45) is 0 Å². The van der Waals surface area contributed by atoms with Gasteiger partial charge in [-0.05, 0) is 5.56 Å². The molecule has 1 atom stereocenters. The summed E-state index contributed by atoms with van der Waals surface area (Å²) in [5.74, 6) is -1.09. The second-order valence-corrected chi connectivity index (χ2v) is 5.80. The van der Waals surface area contributed by atoms with Crippen LogP contribution in [0.15, 0.2) is 30.3 Å². The molecule has 2 N–H and O–H groups in total. The van der Waals surface area contributed by atoms with Crippen molar-refractivity contribution in [1.82, 2.24) is 5.32 Å². The first-order valence-corrected chi connectivity index (χ1v) is 6.79. The Hall–Kier alpha value is -1.69. The minimum atomic E-state index is -1.09. The molecule has 0 heterocycles. The highest BCUT2D eigenvalue weighted by atomic mass is 32.2. The highest BCUT2D eigenvalue weighted by Crippen LogP contribution is 2.15. The second-order valence-electron chi connectivity index (χ2n) is 4.11. The summed E-state index contributed by atoms with van der Waals surface area (Å²) in [5.41, 5.74) is 0.848. The van der Waals surface area contributed by atoms with Gasteiger partial charge in [-0.3, -0.25) is 5.32 Å². The van der Waals surface area contributed by atoms with E-state index in [0.717, 1.165) is 17.3 Å². The van der Waals surface area contributed by atoms with Crippen LogP contribution in [0.3, 0.4) is 0 Å². The zero-order valence-corrected chi connectivity index (χ0v) is 11.6. The van der Waals surface area contributed by atoms with E-state index in [-0.39, 0.29) is 11.9 Å². The molecule has 6 heteroatoms. The van der Waals surface area contributed by atoms with Crippen molar-refractivity contribution >= 4 is 23.8 Å². The number of hydrogen-bond acceptors (Lipinski definition) is 4. The number of aliphatic carboxylic acids is 1. The van der Waals surface area contributed by atoms with Gasteiger partial charge in [0.25, 0.3) is 0 Å². The van der Waals surface area contributed by atoms with E-state index >= 15 is 0 Å². The number of nitrogens with one attached hydrogen (secondary N) is 1. The molecule has 0 aromatic heterocycles. The minimum absolute atomic E-state index is 0.0931. The van der Waals surface area contributed by atoms with Gasteiger partial charge in [0.05, 0.1) is 0 Å². The molecule has 0 aliphatic rings. The first-order valence-electron chi connectivity index (χ1n) is 5.84. The number of amides is 1. The average Bonchev–Trinajstić information content (AvgIpc) is 2.36. The monoisotopic (exact) mass is 283 g/mol. The Balaban J connectivity index is 2.42. The molecular formula is C13H17NO4S. The molecule has 1 rings (SSSR count). The molecular weight excluding hydrogens is 266 g/mol. The number of carboxylic acids is 1. The van der Waals surface area contributed by atoms with Gasteiger partial charge in [-0.2, -0.15) is 0 Å². The molecule has 1 aromatic rings. The smallest absolute Gasteiger partial charge is 0.408 e. The molecule has 1 aromatic carbocycles. The van der Waals surface area contributed by atoms with Crippen LogP contribution in [0, 0.1) is 0 Å². The van der Waals surface area contributed by atoms with Crippen LogP contribution in [0.4, 0.5) is 4.79 Å². The Morgan fingerprint density at radius 2 is 1.95 bits per heavy atom. The Labute approximate surface area is 116 Å². The predicted molar refractivity (Wildman–Crippen MR) is 73.9 cm³/mol. The van der Waals surface area contributed by atoms with E-state index in [4.69, 9.17) is 9.84 Å². The van der Waals surface area contributed by atoms with Crippen molar-refractivity contribution in [2.75, 3.05) is 0 Å². The van der Waals surface area contributed by atoms with E-state index in [1.54, 1.807) is 0 Å². The van der Waals surface area contributed by atoms with Crippen molar-refractivity contribution in [1.29, 1.82) is 0 Å². The third-order valence-corrected chi connectivity index (χ3v) is 3.23. The van der Waals surface area contributed by atoms with Gasteiger partial charge >= 0.3 is 12.1 Å². The Kier molecular flexibility index (Phi) is 6.21. The molecule has 0 aliphatic carbocycles. The van der Waals surface area contributed by atoms with E-state index in [1.165, 1.54) is 0 Å². The summed E-state index contributed by atoms with van der Waals surface area (Å²) in [6, 6.07) is 9.19. The standard InChI is InChI=1S/C13H17NO4S/c1-9(2)19-11(12(15)16)14-13(17)18-8-10-6-4-3-5-7-10/h3-7,9,11H,8H2,1-2H3,(H,14,17)(H,15,16)/t11-/m0/s1. The Morgan fingerprint density at radius 3 is 2.47 bits per heavy atom. The number of rotatable bonds is 6. The van der Waals surface area contributed by atoms with Crippen molar-refractivity contribution in [2.45, 2.75) is 31.1 Å². The number of carbonyl (C=O) groups excluding carboxylic acids is 1. The summed E-state index contributed by atoms with van der Waals surface area (Å²) < 4.78 is 4.96. The molecule has 19 heavy (non-hydrogen) atoms. The molecule has 0 saturated heterocycles. The molecule has 0 aliphatic heterocycles. The highest BCUT2D eigenvalue weighted by Gasteiger charge is 2.22. The van der Waals surface area contributed by atoms with Crippen molar-refractivity contribution in [3.8, 4) is 0 Å². The number of ether oxygens (including phenoxy) is 1. The van der Waals surface area contributed by atoms with E-state index in [9.17, 15) is 9.59 Å². The van der Waals surface area contributed by atoms with Crippen molar-refractivity contribution < 1.29 is 19.4 Å². The first-order chi connectivity index (χ1) is 8.99. The lowest BCUT2D eigenvalue weighted by molar-refractivity contribution is -0.136. The van der Waals surface area contributed by atoms with Gasteiger partial charge in [-0.1, -0.05) is 44.2 Å². The van der Waals surface area contributed by atoms with Crippen LogP contribution in [-0.4, -0.2) is 27.8 Å². The van der Waals surface area contributed by atoms with Gasteiger partial charge in [0, 0.05) is 5.25 Å². The van der Waals surface area contributed by atoms with Gasteiger partial charge in [-0.15, -0.1) is 11.8 Å². The van der Waals surface area contributed by atoms with Crippen LogP contribution < -0.4 is 5.32 Å². The van der Waals surface area contributed by atoms with Gasteiger partial charge in [0.1, 0.15) is 6.61 Å². The molecule has 0 unspecified atom stereocenters. The SMILES string of the molecule is CC(C)S[C@H](NC(=O)OCc1ccccc1)C(=O)O. The maximum absolute atomic E-state index is 11.5. The molecule has 0 bridgehead atoms. The van der Waals surface area contributed by atoms with Crippen LogP contribution >= 0.6 is 11.8 Å². The largest absolute Gasteiger partial charge is 0.479 e. The first kappa shape index (κ1) is 15.4. The summed E-state index contributed by atoms with van der Waals surface area (Å²) in [6.07, 6.45) is -0.732. The summed E-state index contributed by atoms with van der Waals surface area (Å²) in [4.78, 5) is 22.5. The van der Waals surface area contributed by atoms with E-state index in [0.29, 0.717) is 0 Å². The van der Waals surface area contributed by atoms with Gasteiger partial charge in [-0.25, -0.2) is 9.59 Å². The molecule has 0 fully saturated rings. The fourth-order valence-corrected chi connectivity index (χ4v) is 2.12. The molecule has 1 amide bonds. The van der Waals surface area contributed by atoms with E-state index in [1.807, 2.05) is 44.2 Å². The van der Waals surface area contributed by atoms with Crippen LogP contribution in [0.5, 0.6) is 0 Å². The normalized spacial score (nSPS) is 11.9. The minimum Gasteiger partial charge on any atom is -0.479 e. The number of carboxylic acid groups (broad SMARTS) is 1. The molecule has 0 radical (unpaired) electrons. The van der Waals surface area contributed by atoms with Gasteiger partial charge in [0.2, 0.25) is 0 Å². The maximum atomic E-state index is 11.5. The lowest BCUT2D eigenvalue weighted by atomic mass is 10.2. The second kappa shape index (κ2) is 7.68. The van der Waals surface area contributed by atoms with E-state index < -0.39 is 17.4 Å². The van der Waals surface area contributed by atoms with Crippen LogP contribution in [0.2, 0.25) is 0 Å². The van der Waals surface area contributed by atoms with Crippen molar-refractivity contribution in [3.05, 3.63) is 35.9 Å². The molecule has 5 nitrogen and oxygen atoms in total. The zero-order chi connectivity index (χ0) is 14.3. The van der Waals surface area contributed by atoms with Gasteiger partial charge in [0.15, 0.2) is 5.37 Å². The van der Waals surface area contributed by atoms with E-state index in [2.05, 4.69) is 5.32 Å². The van der Waals surface area contributed by atoms with Crippen LogP contribution in [-0.2, 0) is 16.1 Å². The third-order valence-electron chi connectivity index (χ3n) is 2.09. The Morgan fingerprint density at radius 1 is 1.32 bits per heavy atom. The number of thioether (sulfide) groups is 1. The fourth-order valence-electron chi connectivity index (χ4n) is 1.30. The van der Waals surface area contributed by atoms with Crippen LogP contribution in [0.1, 0.15) is 19.4 Å². The summed E-state index contributed by atoms with van der Waals surface area (Å²) >= 11 is 1.15. The lowest BCUT2D eigenvalue weighted by Gasteiger charge is -2.16. The molecule has 0 spiro atoms. The Bertz CT molecular complexity index is 422. The number of alkyl carbamates (subject to hydrolysis) is 1. The highest BCUT2D eigenvalue weighted by molar-refractivity contribution is 8.01. The average molecular weight is 283 g/mol. The third kappa shape index (κ3) is 6.15. The number of hydrogen-bond donors (Lipinski definition) is 2. The van der Waals surface area contributed by atoms with Crippen LogP contribution in [0.25, 0.3) is 0 Å². The molecule has 104 valence electrons. The number of carbonyl (C=O) groups is 2.